The Morgan fingerprint density at radius 3 is 1.54 bits per heavy atom. The van der Waals surface area contributed by atoms with Crippen molar-refractivity contribution in [2.24, 2.45) is 0 Å². The number of aromatic nitrogens is 1. The molecule has 0 atom stereocenters. The van der Waals surface area contributed by atoms with Gasteiger partial charge in [0.2, 0.25) is 11.0 Å². The number of thioether (sulfide) groups is 1. The highest BCUT2D eigenvalue weighted by Crippen LogP contribution is 2.56. The Hall–Kier alpha value is -2.66. The molecule has 0 aliphatic carbocycles. The van der Waals surface area contributed by atoms with E-state index in [2.05, 4.69) is 97.6 Å². The van der Waals surface area contributed by atoms with E-state index in [1.807, 2.05) is 36.4 Å². The highest BCUT2D eigenvalue weighted by Gasteiger charge is 2.52. The molecule has 0 radical (unpaired) electrons. The van der Waals surface area contributed by atoms with Gasteiger partial charge in [-0.15, -0.1) is 30.6 Å². The van der Waals surface area contributed by atoms with E-state index in [1.165, 1.54) is 15.9 Å². The monoisotopic (exact) mass is 606 g/mol. The minimum atomic E-state index is -2.34. The lowest BCUT2D eigenvalue weighted by Gasteiger charge is -2.25. The Balaban J connectivity index is 0.00000289. The van der Waals surface area contributed by atoms with Crippen LogP contribution in [0, 0.1) is 0 Å². The summed E-state index contributed by atoms with van der Waals surface area (Å²) in [5.74, 6) is 1.39. The van der Waals surface area contributed by atoms with Crippen molar-refractivity contribution in [2.45, 2.75) is 5.09 Å². The third-order valence-electron chi connectivity index (χ3n) is 5.68. The van der Waals surface area contributed by atoms with Crippen molar-refractivity contribution in [3.05, 3.63) is 134 Å². The minimum Gasteiger partial charge on any atom is -0.425 e. The zero-order valence-corrected chi connectivity index (χ0v) is 23.2. The fraction of sp³-hybridized carbons (Fsp3) is 0.0333. The highest BCUT2D eigenvalue weighted by molar-refractivity contribution is 14.0. The normalized spacial score (nSPS) is 11.0. The number of hydrogen-bond donors (Lipinski definition) is 0. The van der Waals surface area contributed by atoms with Crippen LogP contribution in [-0.2, 0) is 0 Å². The summed E-state index contributed by atoms with van der Waals surface area (Å²) < 4.78 is 6.51. The third-order valence-corrected chi connectivity index (χ3v) is 10.9. The summed E-state index contributed by atoms with van der Waals surface area (Å²) >= 11 is 1.65. The highest BCUT2D eigenvalue weighted by atomic mass is 127. The van der Waals surface area contributed by atoms with Crippen molar-refractivity contribution in [1.29, 1.82) is 0 Å². The molecule has 0 spiro atoms. The standard InChI is InChI=1S/C30H25NOPS.HI/c1-2-23-34-30-29(31-28(32-30)24-15-7-3-8-16-24)33(25-17-9-4-10-18-25,26-19-11-5-12-20-26)27-21-13-6-14-22-27;/h2-22H,1,23H2;1H/q+1;. The molecule has 0 saturated heterocycles. The van der Waals surface area contributed by atoms with E-state index in [4.69, 9.17) is 9.40 Å². The topological polar surface area (TPSA) is 26.0 Å². The van der Waals surface area contributed by atoms with Crippen molar-refractivity contribution < 1.29 is 4.42 Å². The molecular formula is C30H26INOPS+. The molecular weight excluding hydrogens is 580 g/mol. The second-order valence-corrected chi connectivity index (χ2v) is 12.1. The van der Waals surface area contributed by atoms with Gasteiger partial charge in [0.1, 0.15) is 15.9 Å². The fourth-order valence-corrected chi connectivity index (χ4v) is 9.44. The van der Waals surface area contributed by atoms with Gasteiger partial charge in [-0.2, -0.15) is 4.98 Å². The lowest BCUT2D eigenvalue weighted by atomic mass is 10.2. The largest absolute Gasteiger partial charge is 0.425 e. The lowest BCUT2D eigenvalue weighted by molar-refractivity contribution is 0.487. The quantitative estimate of drug-likeness (QED) is 0.0836. The molecule has 5 rings (SSSR count). The predicted molar refractivity (Wildman–Crippen MR) is 163 cm³/mol. The first kappa shape index (κ1) is 25.4. The third kappa shape index (κ3) is 5.02. The second kappa shape index (κ2) is 11.9. The summed E-state index contributed by atoms with van der Waals surface area (Å²) in [5.41, 5.74) is 1.98. The van der Waals surface area contributed by atoms with Gasteiger partial charge in [-0.3, -0.25) is 0 Å². The van der Waals surface area contributed by atoms with Crippen LogP contribution in [0.15, 0.2) is 143 Å². The molecule has 0 fully saturated rings. The first-order valence-corrected chi connectivity index (χ1v) is 14.0. The SMILES string of the molecule is C=CCSc1oc(-c2ccccc2)nc1[P+](c1ccccc1)(c1ccccc1)c1ccccc1.I. The van der Waals surface area contributed by atoms with Crippen LogP contribution in [0.4, 0.5) is 0 Å². The first-order chi connectivity index (χ1) is 16.8. The number of nitrogens with zero attached hydrogens (tertiary/aromatic N) is 1. The zero-order valence-electron chi connectivity index (χ0n) is 19.2. The van der Waals surface area contributed by atoms with Crippen LogP contribution in [0.3, 0.4) is 0 Å². The maximum absolute atomic E-state index is 6.51. The molecule has 0 amide bonds. The summed E-state index contributed by atoms with van der Waals surface area (Å²) in [7, 11) is -2.34. The number of oxazole rings is 1. The summed E-state index contributed by atoms with van der Waals surface area (Å²) in [6.07, 6.45) is 1.91. The van der Waals surface area contributed by atoms with Crippen molar-refractivity contribution in [3.8, 4) is 11.5 Å². The number of rotatable bonds is 8. The van der Waals surface area contributed by atoms with Gasteiger partial charge in [0, 0.05) is 11.3 Å². The number of halogens is 1. The Kier molecular flexibility index (Phi) is 8.61. The molecule has 35 heavy (non-hydrogen) atoms. The maximum Gasteiger partial charge on any atom is 0.251 e. The van der Waals surface area contributed by atoms with Crippen molar-refractivity contribution in [3.63, 3.8) is 0 Å². The van der Waals surface area contributed by atoms with Gasteiger partial charge in [0.15, 0.2) is 7.26 Å². The van der Waals surface area contributed by atoms with Gasteiger partial charge in [0.25, 0.3) is 5.44 Å². The van der Waals surface area contributed by atoms with Crippen LogP contribution < -0.4 is 21.3 Å². The molecule has 1 aromatic heterocycles. The molecule has 5 heteroatoms. The average molecular weight is 606 g/mol. The molecule has 0 aliphatic rings. The molecule has 4 aromatic carbocycles. The Bertz CT molecular complexity index is 1260. The molecule has 0 N–H and O–H groups in total. The van der Waals surface area contributed by atoms with Gasteiger partial charge < -0.3 is 4.42 Å². The summed E-state index contributed by atoms with van der Waals surface area (Å²) in [6, 6.07) is 42.4. The number of hydrogen-bond acceptors (Lipinski definition) is 3. The molecule has 174 valence electrons. The van der Waals surface area contributed by atoms with Crippen LogP contribution in [0.25, 0.3) is 11.5 Å². The minimum absolute atomic E-state index is 0. The van der Waals surface area contributed by atoms with E-state index in [0.717, 1.165) is 21.8 Å². The van der Waals surface area contributed by atoms with E-state index in [9.17, 15) is 0 Å². The summed E-state index contributed by atoms with van der Waals surface area (Å²) in [6.45, 7) is 3.93. The maximum atomic E-state index is 6.51. The molecule has 0 unspecified atom stereocenters. The van der Waals surface area contributed by atoms with Crippen LogP contribution in [0.2, 0.25) is 0 Å². The van der Waals surface area contributed by atoms with Gasteiger partial charge in [-0.05, 0) is 48.5 Å². The Morgan fingerprint density at radius 2 is 1.11 bits per heavy atom. The molecule has 5 aromatic rings. The van der Waals surface area contributed by atoms with E-state index >= 15 is 0 Å². The summed E-state index contributed by atoms with van der Waals surface area (Å²) in [5, 5.41) is 4.60. The smallest absolute Gasteiger partial charge is 0.251 e. The van der Waals surface area contributed by atoms with E-state index < -0.39 is 7.26 Å². The van der Waals surface area contributed by atoms with E-state index in [1.54, 1.807) is 11.8 Å². The van der Waals surface area contributed by atoms with Crippen molar-refractivity contribution in [2.75, 3.05) is 5.75 Å². The van der Waals surface area contributed by atoms with Crippen molar-refractivity contribution >= 4 is 64.3 Å². The Labute approximate surface area is 228 Å². The van der Waals surface area contributed by atoms with Crippen LogP contribution in [0.1, 0.15) is 0 Å². The van der Waals surface area contributed by atoms with E-state index in [-0.39, 0.29) is 24.0 Å². The van der Waals surface area contributed by atoms with Gasteiger partial charge in [0.05, 0.1) is 0 Å². The average Bonchev–Trinajstić information content (AvgIpc) is 3.35. The predicted octanol–water partition coefficient (Wildman–Crippen LogP) is 6.86. The number of benzene rings is 4. The molecule has 0 bridgehead atoms. The fourth-order valence-electron chi connectivity index (χ4n) is 4.21. The van der Waals surface area contributed by atoms with Gasteiger partial charge in [-0.25, -0.2) is 0 Å². The van der Waals surface area contributed by atoms with E-state index in [0.29, 0.717) is 5.89 Å². The Morgan fingerprint density at radius 1 is 0.686 bits per heavy atom. The molecule has 0 saturated carbocycles. The molecule has 2 nitrogen and oxygen atoms in total. The summed E-state index contributed by atoms with van der Waals surface area (Å²) in [4.78, 5) is 5.26. The van der Waals surface area contributed by atoms with Crippen LogP contribution >= 0.6 is 43.0 Å². The lowest BCUT2D eigenvalue weighted by Crippen LogP contribution is -2.40. The second-order valence-electron chi connectivity index (χ2n) is 7.77. The van der Waals surface area contributed by atoms with Gasteiger partial charge in [-0.1, -0.05) is 90.6 Å². The van der Waals surface area contributed by atoms with Crippen LogP contribution in [-0.4, -0.2) is 10.7 Å². The van der Waals surface area contributed by atoms with Crippen LogP contribution in [0.5, 0.6) is 0 Å². The van der Waals surface area contributed by atoms with Gasteiger partial charge >= 0.3 is 0 Å². The zero-order chi connectivity index (χ0) is 23.2. The molecule has 0 aliphatic heterocycles. The first-order valence-electron chi connectivity index (χ1n) is 11.2. The van der Waals surface area contributed by atoms with Crippen molar-refractivity contribution in [1.82, 2.24) is 4.98 Å². The molecule has 1 heterocycles.